The lowest BCUT2D eigenvalue weighted by Gasteiger charge is -2.25. The third kappa shape index (κ3) is 6.15. The second-order valence-electron chi connectivity index (χ2n) is 6.83. The third-order valence-corrected chi connectivity index (χ3v) is 5.01. The second kappa shape index (κ2) is 10.3. The van der Waals surface area contributed by atoms with Crippen molar-refractivity contribution >= 4 is 23.4 Å². The number of carbonyl (C=O) groups is 2. The first-order chi connectivity index (χ1) is 12.5. The Kier molecular flexibility index (Phi) is 8.13. The first kappa shape index (κ1) is 20.5. The van der Waals surface area contributed by atoms with E-state index in [4.69, 9.17) is 11.6 Å². The quantitative estimate of drug-likeness (QED) is 0.567. The smallest absolute Gasteiger partial charge is 0.309 e. The average Bonchev–Trinajstić information content (AvgIpc) is 2.63. The van der Waals surface area contributed by atoms with Gasteiger partial charge in [0, 0.05) is 18.1 Å². The van der Waals surface area contributed by atoms with Crippen LogP contribution in [0.25, 0.3) is 0 Å². The van der Waals surface area contributed by atoms with Crippen LogP contribution in [-0.4, -0.2) is 43.9 Å². The zero-order valence-electron chi connectivity index (χ0n) is 15.6. The molecule has 142 valence electrons. The van der Waals surface area contributed by atoms with E-state index in [0.717, 1.165) is 24.8 Å². The topological polar surface area (TPSA) is 61.4 Å². The number of hydrogen-bond acceptors (Lipinski definition) is 3. The predicted molar refractivity (Wildman–Crippen MR) is 105 cm³/mol. The lowest BCUT2D eigenvalue weighted by Crippen LogP contribution is -2.43. The lowest BCUT2D eigenvalue weighted by atomic mass is 9.97. The Labute approximate surface area is 160 Å². The number of benzene rings is 1. The van der Waals surface area contributed by atoms with Gasteiger partial charge in [0.15, 0.2) is 0 Å². The minimum Gasteiger partial charge on any atom is -0.348 e. The van der Waals surface area contributed by atoms with Crippen LogP contribution in [0, 0.1) is 0 Å². The first-order valence-corrected chi connectivity index (χ1v) is 9.51. The average molecular weight is 378 g/mol. The van der Waals surface area contributed by atoms with Crippen molar-refractivity contribution in [3.05, 3.63) is 46.5 Å². The molecule has 26 heavy (non-hydrogen) atoms. The SMILES string of the molecule is CN(C)[C@H](CNC(=O)C(=O)NCCC1=CCCCC1)c1ccccc1Cl. The molecule has 6 heteroatoms. The fourth-order valence-corrected chi connectivity index (χ4v) is 3.40. The van der Waals surface area contributed by atoms with Gasteiger partial charge in [0.05, 0.1) is 6.04 Å². The first-order valence-electron chi connectivity index (χ1n) is 9.14. The molecule has 2 N–H and O–H groups in total. The minimum atomic E-state index is -0.610. The molecule has 0 bridgehead atoms. The Bertz CT molecular complexity index is 658. The van der Waals surface area contributed by atoms with Crippen molar-refractivity contribution in [1.82, 2.24) is 15.5 Å². The molecule has 0 saturated heterocycles. The largest absolute Gasteiger partial charge is 0.348 e. The predicted octanol–water partition coefficient (Wildman–Crippen LogP) is 3.07. The van der Waals surface area contributed by atoms with Crippen LogP contribution in [0.3, 0.4) is 0 Å². The number of likely N-dealkylation sites (N-methyl/N-ethyl adjacent to an activating group) is 1. The maximum atomic E-state index is 12.1. The standard InChI is InChI=1S/C20H28ClN3O2/c1-24(2)18(16-10-6-7-11-17(16)21)14-23-20(26)19(25)22-13-12-15-8-4-3-5-9-15/h6-8,10-11,18H,3-5,9,12-14H2,1-2H3,(H,22,25)(H,23,26)/t18-/m1/s1. The highest BCUT2D eigenvalue weighted by molar-refractivity contribution is 6.35. The Hall–Kier alpha value is -1.85. The molecule has 0 aromatic heterocycles. The van der Waals surface area contributed by atoms with Gasteiger partial charge in [0.25, 0.3) is 0 Å². The second-order valence-corrected chi connectivity index (χ2v) is 7.23. The summed E-state index contributed by atoms with van der Waals surface area (Å²) >= 11 is 6.26. The van der Waals surface area contributed by atoms with Gasteiger partial charge in [-0.15, -0.1) is 0 Å². The number of hydrogen-bond donors (Lipinski definition) is 2. The molecule has 1 aliphatic rings. The molecule has 1 aromatic carbocycles. The molecule has 0 radical (unpaired) electrons. The molecule has 1 atom stereocenters. The van der Waals surface area contributed by atoms with Gasteiger partial charge in [-0.25, -0.2) is 0 Å². The maximum Gasteiger partial charge on any atom is 0.309 e. The summed E-state index contributed by atoms with van der Waals surface area (Å²) in [6, 6.07) is 7.42. The van der Waals surface area contributed by atoms with Crippen molar-refractivity contribution < 1.29 is 9.59 Å². The molecule has 1 aliphatic carbocycles. The Morgan fingerprint density at radius 1 is 1.15 bits per heavy atom. The van der Waals surface area contributed by atoms with Crippen LogP contribution in [0.4, 0.5) is 0 Å². The molecular weight excluding hydrogens is 350 g/mol. The highest BCUT2D eigenvalue weighted by Gasteiger charge is 2.20. The van der Waals surface area contributed by atoms with Crippen LogP contribution in [0.5, 0.6) is 0 Å². The molecule has 1 aromatic rings. The molecule has 5 nitrogen and oxygen atoms in total. The van der Waals surface area contributed by atoms with Gasteiger partial charge in [-0.3, -0.25) is 9.59 Å². The van der Waals surface area contributed by atoms with Gasteiger partial charge < -0.3 is 15.5 Å². The van der Waals surface area contributed by atoms with E-state index >= 15 is 0 Å². The van der Waals surface area contributed by atoms with Crippen LogP contribution in [-0.2, 0) is 9.59 Å². The zero-order chi connectivity index (χ0) is 18.9. The molecule has 0 saturated carbocycles. The van der Waals surface area contributed by atoms with Gasteiger partial charge in [0.2, 0.25) is 0 Å². The molecule has 0 spiro atoms. The van der Waals surface area contributed by atoms with Gasteiger partial charge in [-0.05, 0) is 57.8 Å². The van der Waals surface area contributed by atoms with Crippen molar-refractivity contribution in [3.8, 4) is 0 Å². The molecular formula is C20H28ClN3O2. The summed E-state index contributed by atoms with van der Waals surface area (Å²) in [6.45, 7) is 0.813. The van der Waals surface area contributed by atoms with E-state index in [9.17, 15) is 9.59 Å². The van der Waals surface area contributed by atoms with Gasteiger partial charge in [0.1, 0.15) is 0 Å². The molecule has 0 heterocycles. The number of nitrogens with zero attached hydrogens (tertiary/aromatic N) is 1. The fraction of sp³-hybridized carbons (Fsp3) is 0.500. The summed E-state index contributed by atoms with van der Waals surface area (Å²) < 4.78 is 0. The number of rotatable bonds is 7. The number of amides is 2. The van der Waals surface area contributed by atoms with Crippen LogP contribution in [0.15, 0.2) is 35.9 Å². The van der Waals surface area contributed by atoms with Crippen LogP contribution in [0.1, 0.15) is 43.7 Å². The van der Waals surface area contributed by atoms with Crippen LogP contribution >= 0.6 is 11.6 Å². The highest BCUT2D eigenvalue weighted by Crippen LogP contribution is 2.25. The lowest BCUT2D eigenvalue weighted by molar-refractivity contribution is -0.139. The zero-order valence-corrected chi connectivity index (χ0v) is 16.3. The normalized spacial score (nSPS) is 15.3. The summed E-state index contributed by atoms with van der Waals surface area (Å²) in [5.74, 6) is -1.19. The number of nitrogens with one attached hydrogen (secondary N) is 2. The summed E-state index contributed by atoms with van der Waals surface area (Å²) in [5, 5.41) is 6.06. The van der Waals surface area contributed by atoms with Crippen molar-refractivity contribution in [2.75, 3.05) is 27.2 Å². The summed E-state index contributed by atoms with van der Waals surface area (Å²) in [6.07, 6.45) is 7.76. The minimum absolute atomic E-state index is 0.104. The molecule has 0 aliphatic heterocycles. The molecule has 0 unspecified atom stereocenters. The summed E-state index contributed by atoms with van der Waals surface area (Å²) in [4.78, 5) is 26.0. The third-order valence-electron chi connectivity index (χ3n) is 4.67. The number of halogens is 1. The monoisotopic (exact) mass is 377 g/mol. The fourth-order valence-electron chi connectivity index (χ4n) is 3.13. The van der Waals surface area contributed by atoms with Crippen LogP contribution in [0.2, 0.25) is 5.02 Å². The van der Waals surface area contributed by atoms with Crippen molar-refractivity contribution in [2.45, 2.75) is 38.1 Å². The van der Waals surface area contributed by atoms with Crippen molar-refractivity contribution in [1.29, 1.82) is 0 Å². The van der Waals surface area contributed by atoms with Crippen LogP contribution < -0.4 is 10.6 Å². The van der Waals surface area contributed by atoms with Crippen molar-refractivity contribution in [2.24, 2.45) is 0 Å². The van der Waals surface area contributed by atoms with Gasteiger partial charge in [-0.2, -0.15) is 0 Å². The maximum absolute atomic E-state index is 12.1. The van der Waals surface area contributed by atoms with E-state index in [1.165, 1.54) is 18.4 Å². The molecule has 0 fully saturated rings. The van der Waals surface area contributed by atoms with Gasteiger partial charge in [-0.1, -0.05) is 41.4 Å². The van der Waals surface area contributed by atoms with E-state index < -0.39 is 11.8 Å². The Morgan fingerprint density at radius 3 is 2.54 bits per heavy atom. The van der Waals surface area contributed by atoms with Gasteiger partial charge >= 0.3 is 11.8 Å². The van der Waals surface area contributed by atoms with E-state index in [-0.39, 0.29) is 6.04 Å². The summed E-state index contributed by atoms with van der Waals surface area (Å²) in [5.41, 5.74) is 2.30. The Balaban J connectivity index is 1.80. The van der Waals surface area contributed by atoms with E-state index in [0.29, 0.717) is 18.1 Å². The number of carbonyl (C=O) groups excluding carboxylic acids is 2. The molecule has 2 amide bonds. The summed E-state index contributed by atoms with van der Waals surface area (Å²) in [7, 11) is 3.83. The Morgan fingerprint density at radius 2 is 1.88 bits per heavy atom. The molecule has 2 rings (SSSR count). The van der Waals surface area contributed by atoms with E-state index in [1.807, 2.05) is 43.3 Å². The highest BCUT2D eigenvalue weighted by atomic mass is 35.5. The van der Waals surface area contributed by atoms with E-state index in [1.54, 1.807) is 0 Å². The number of allylic oxidation sites excluding steroid dienone is 1. The van der Waals surface area contributed by atoms with E-state index in [2.05, 4.69) is 16.7 Å². The van der Waals surface area contributed by atoms with Crippen molar-refractivity contribution in [3.63, 3.8) is 0 Å².